The van der Waals surface area contributed by atoms with Crippen LogP contribution in [0.25, 0.3) is 0 Å². The van der Waals surface area contributed by atoms with Crippen LogP contribution in [-0.4, -0.2) is 71.6 Å². The fourth-order valence-corrected chi connectivity index (χ4v) is 2.63. The molecule has 27 heavy (non-hydrogen) atoms. The summed E-state index contributed by atoms with van der Waals surface area (Å²) >= 11 is 0. The van der Waals surface area contributed by atoms with Crippen molar-refractivity contribution in [2.24, 2.45) is 12.0 Å². The standard InChI is InChI=1S/C18H37N7O.HI/c1-7-25(8-2)12-9-10-15(3)21-18(19-11-13-26-6)20-14-17-23-22-16(4)24(17)5;/h15H,7-14H2,1-6H3,(H2,19,20,21);1H. The van der Waals surface area contributed by atoms with E-state index in [2.05, 4.69) is 51.5 Å². The van der Waals surface area contributed by atoms with Crippen LogP contribution >= 0.6 is 24.0 Å². The van der Waals surface area contributed by atoms with Gasteiger partial charge in [-0.1, -0.05) is 13.8 Å². The maximum Gasteiger partial charge on any atom is 0.191 e. The van der Waals surface area contributed by atoms with E-state index in [0.717, 1.165) is 43.7 Å². The second kappa shape index (κ2) is 15.0. The van der Waals surface area contributed by atoms with Gasteiger partial charge in [-0.25, -0.2) is 4.99 Å². The predicted octanol–water partition coefficient (Wildman–Crippen LogP) is 1.93. The molecule has 0 spiro atoms. The monoisotopic (exact) mass is 495 g/mol. The highest BCUT2D eigenvalue weighted by Gasteiger charge is 2.09. The number of halogens is 1. The minimum Gasteiger partial charge on any atom is -0.383 e. The van der Waals surface area contributed by atoms with Crippen molar-refractivity contribution in [2.45, 2.75) is 53.1 Å². The fraction of sp³-hybridized carbons (Fsp3) is 0.833. The molecule has 158 valence electrons. The summed E-state index contributed by atoms with van der Waals surface area (Å²) in [5, 5.41) is 15.1. The Kier molecular flexibility index (Phi) is 14.5. The van der Waals surface area contributed by atoms with Crippen molar-refractivity contribution >= 4 is 29.9 Å². The Hall–Kier alpha value is -0.940. The number of nitrogens with one attached hydrogen (secondary N) is 2. The first-order valence-electron chi connectivity index (χ1n) is 9.62. The molecular weight excluding hydrogens is 457 g/mol. The van der Waals surface area contributed by atoms with E-state index in [9.17, 15) is 0 Å². The average molecular weight is 495 g/mol. The minimum absolute atomic E-state index is 0. The van der Waals surface area contributed by atoms with Crippen molar-refractivity contribution in [3.8, 4) is 0 Å². The number of aliphatic imine (C=N–C) groups is 1. The van der Waals surface area contributed by atoms with E-state index in [0.29, 0.717) is 25.7 Å². The number of hydrogen-bond donors (Lipinski definition) is 2. The lowest BCUT2D eigenvalue weighted by molar-refractivity contribution is 0.203. The number of guanidine groups is 1. The molecule has 1 rings (SSSR count). The maximum absolute atomic E-state index is 5.12. The summed E-state index contributed by atoms with van der Waals surface area (Å²) in [7, 11) is 3.66. The number of ether oxygens (including phenoxy) is 1. The molecule has 0 saturated heterocycles. The summed E-state index contributed by atoms with van der Waals surface area (Å²) < 4.78 is 7.08. The average Bonchev–Trinajstić information content (AvgIpc) is 2.95. The van der Waals surface area contributed by atoms with Gasteiger partial charge in [0.25, 0.3) is 0 Å². The van der Waals surface area contributed by atoms with E-state index in [1.165, 1.54) is 6.42 Å². The Balaban J connectivity index is 0.00000676. The van der Waals surface area contributed by atoms with Crippen molar-refractivity contribution < 1.29 is 4.74 Å². The minimum atomic E-state index is 0. The second-order valence-corrected chi connectivity index (χ2v) is 6.52. The lowest BCUT2D eigenvalue weighted by Crippen LogP contribution is -2.43. The van der Waals surface area contributed by atoms with E-state index in [4.69, 9.17) is 4.74 Å². The lowest BCUT2D eigenvalue weighted by atomic mass is 10.2. The predicted molar refractivity (Wildman–Crippen MR) is 122 cm³/mol. The molecule has 0 aliphatic rings. The normalized spacial score (nSPS) is 12.8. The molecular formula is C18H38IN7O. The molecule has 0 aliphatic carbocycles. The highest BCUT2D eigenvalue weighted by Crippen LogP contribution is 2.01. The molecule has 0 aromatic carbocycles. The van der Waals surface area contributed by atoms with E-state index in [-0.39, 0.29) is 24.0 Å². The van der Waals surface area contributed by atoms with Gasteiger partial charge < -0.3 is 24.8 Å². The van der Waals surface area contributed by atoms with Crippen molar-refractivity contribution in [3.05, 3.63) is 11.6 Å². The van der Waals surface area contributed by atoms with Crippen LogP contribution in [0.5, 0.6) is 0 Å². The molecule has 1 atom stereocenters. The molecule has 2 N–H and O–H groups in total. The number of aryl methyl sites for hydroxylation is 1. The van der Waals surface area contributed by atoms with Crippen LogP contribution in [0.4, 0.5) is 0 Å². The molecule has 0 saturated carbocycles. The van der Waals surface area contributed by atoms with Crippen molar-refractivity contribution in [3.63, 3.8) is 0 Å². The molecule has 0 amide bonds. The third-order valence-electron chi connectivity index (χ3n) is 4.55. The Morgan fingerprint density at radius 1 is 1.30 bits per heavy atom. The summed E-state index contributed by atoms with van der Waals surface area (Å²) in [5.41, 5.74) is 0. The largest absolute Gasteiger partial charge is 0.383 e. The van der Waals surface area contributed by atoms with Gasteiger partial charge in [-0.15, -0.1) is 34.2 Å². The zero-order valence-corrected chi connectivity index (χ0v) is 20.1. The topological polar surface area (TPSA) is 79.6 Å². The van der Waals surface area contributed by atoms with Crippen LogP contribution in [0.3, 0.4) is 0 Å². The molecule has 8 nitrogen and oxygen atoms in total. The Bertz CT molecular complexity index is 532. The quantitative estimate of drug-likeness (QED) is 0.200. The summed E-state index contributed by atoms with van der Waals surface area (Å²) in [6.45, 7) is 13.8. The van der Waals surface area contributed by atoms with Crippen LogP contribution < -0.4 is 10.6 Å². The van der Waals surface area contributed by atoms with E-state index < -0.39 is 0 Å². The van der Waals surface area contributed by atoms with Gasteiger partial charge in [-0.2, -0.15) is 0 Å². The van der Waals surface area contributed by atoms with Crippen molar-refractivity contribution in [2.75, 3.05) is 39.9 Å². The Morgan fingerprint density at radius 3 is 2.56 bits per heavy atom. The third kappa shape index (κ3) is 10.2. The molecule has 0 fully saturated rings. The third-order valence-corrected chi connectivity index (χ3v) is 4.55. The molecule has 0 radical (unpaired) electrons. The first-order chi connectivity index (χ1) is 12.5. The molecule has 0 bridgehead atoms. The molecule has 1 aromatic rings. The van der Waals surface area contributed by atoms with Gasteiger partial charge in [-0.05, 0) is 46.3 Å². The summed E-state index contributed by atoms with van der Waals surface area (Å²) in [4.78, 5) is 7.11. The highest BCUT2D eigenvalue weighted by atomic mass is 127. The number of methoxy groups -OCH3 is 1. The van der Waals surface area contributed by atoms with E-state index in [1.54, 1.807) is 7.11 Å². The smallest absolute Gasteiger partial charge is 0.191 e. The van der Waals surface area contributed by atoms with Crippen LogP contribution in [0, 0.1) is 6.92 Å². The van der Waals surface area contributed by atoms with Gasteiger partial charge in [0.2, 0.25) is 0 Å². The van der Waals surface area contributed by atoms with Gasteiger partial charge in [0.1, 0.15) is 12.4 Å². The van der Waals surface area contributed by atoms with E-state index >= 15 is 0 Å². The molecule has 9 heteroatoms. The van der Waals surface area contributed by atoms with Crippen molar-refractivity contribution in [1.82, 2.24) is 30.3 Å². The van der Waals surface area contributed by atoms with Crippen LogP contribution in [0.1, 0.15) is 45.3 Å². The number of aromatic nitrogens is 3. The van der Waals surface area contributed by atoms with Gasteiger partial charge >= 0.3 is 0 Å². The molecule has 0 aliphatic heterocycles. The van der Waals surface area contributed by atoms with Gasteiger partial charge in [0, 0.05) is 26.7 Å². The van der Waals surface area contributed by atoms with Gasteiger partial charge in [-0.3, -0.25) is 0 Å². The molecule has 1 aromatic heterocycles. The fourth-order valence-electron chi connectivity index (χ4n) is 2.63. The lowest BCUT2D eigenvalue weighted by Gasteiger charge is -2.21. The zero-order chi connectivity index (χ0) is 19.4. The molecule has 1 heterocycles. The van der Waals surface area contributed by atoms with Gasteiger partial charge in [0.05, 0.1) is 6.61 Å². The summed E-state index contributed by atoms with van der Waals surface area (Å²) in [6.07, 6.45) is 2.27. The number of hydrogen-bond acceptors (Lipinski definition) is 5. The van der Waals surface area contributed by atoms with Gasteiger partial charge in [0.15, 0.2) is 11.8 Å². The van der Waals surface area contributed by atoms with Crippen molar-refractivity contribution in [1.29, 1.82) is 0 Å². The highest BCUT2D eigenvalue weighted by molar-refractivity contribution is 14.0. The SMILES string of the molecule is CCN(CC)CCCC(C)NC(=NCc1nnc(C)n1C)NCCOC.I. The molecule has 1 unspecified atom stereocenters. The van der Waals surface area contributed by atoms with E-state index in [1.807, 2.05) is 18.5 Å². The van der Waals surface area contributed by atoms with Crippen LogP contribution in [0.2, 0.25) is 0 Å². The Morgan fingerprint density at radius 2 is 2.00 bits per heavy atom. The number of nitrogens with zero attached hydrogens (tertiary/aromatic N) is 5. The van der Waals surface area contributed by atoms with Crippen LogP contribution in [0.15, 0.2) is 4.99 Å². The second-order valence-electron chi connectivity index (χ2n) is 6.52. The zero-order valence-electron chi connectivity index (χ0n) is 17.8. The maximum atomic E-state index is 5.12. The summed E-state index contributed by atoms with van der Waals surface area (Å²) in [6, 6.07) is 0.348. The number of rotatable bonds is 12. The first-order valence-corrected chi connectivity index (χ1v) is 9.62. The van der Waals surface area contributed by atoms with Crippen LogP contribution in [-0.2, 0) is 18.3 Å². The Labute approximate surface area is 181 Å². The summed E-state index contributed by atoms with van der Waals surface area (Å²) in [5.74, 6) is 2.53. The first kappa shape index (κ1) is 26.1.